The van der Waals surface area contributed by atoms with E-state index in [-0.39, 0.29) is 12.2 Å². The lowest BCUT2D eigenvalue weighted by molar-refractivity contribution is -0.485. The standard InChI is InChI=1S/C18H14N2O3/c19-12-18(10-14-8-4-5-9-15(14)17(18)21)16(11-20(22)23)13-6-2-1-3-7-13/h1-9,16H,10-11H2/t16-,18-/m0/s1. The second-order valence-electron chi connectivity index (χ2n) is 5.72. The lowest BCUT2D eigenvalue weighted by Crippen LogP contribution is -2.37. The minimum absolute atomic E-state index is 0.214. The average molecular weight is 306 g/mol. The summed E-state index contributed by atoms with van der Waals surface area (Å²) < 4.78 is 0. The van der Waals surface area contributed by atoms with Gasteiger partial charge >= 0.3 is 0 Å². The van der Waals surface area contributed by atoms with Crippen LogP contribution in [0.3, 0.4) is 0 Å². The molecule has 0 fully saturated rings. The molecular weight excluding hydrogens is 292 g/mol. The Hall–Kier alpha value is -3.00. The van der Waals surface area contributed by atoms with E-state index in [9.17, 15) is 20.2 Å². The summed E-state index contributed by atoms with van der Waals surface area (Å²) >= 11 is 0. The van der Waals surface area contributed by atoms with Gasteiger partial charge in [0.05, 0.1) is 12.0 Å². The zero-order chi connectivity index (χ0) is 16.4. The third-order valence-electron chi connectivity index (χ3n) is 4.46. The molecule has 23 heavy (non-hydrogen) atoms. The molecule has 0 saturated heterocycles. The Bertz CT molecular complexity index is 811. The molecule has 0 aromatic heterocycles. The summed E-state index contributed by atoms with van der Waals surface area (Å²) in [6, 6.07) is 18.0. The molecular formula is C18H14N2O3. The largest absolute Gasteiger partial charge is 0.292 e. The van der Waals surface area contributed by atoms with Crippen LogP contribution in [0.4, 0.5) is 0 Å². The maximum atomic E-state index is 12.9. The van der Waals surface area contributed by atoms with Crippen molar-refractivity contribution in [2.45, 2.75) is 12.3 Å². The van der Waals surface area contributed by atoms with Gasteiger partial charge in [-0.25, -0.2) is 0 Å². The molecule has 0 unspecified atom stereocenters. The molecule has 0 aliphatic heterocycles. The number of nitriles is 1. The molecule has 2 aromatic rings. The molecule has 0 bridgehead atoms. The second kappa shape index (κ2) is 5.65. The van der Waals surface area contributed by atoms with Crippen molar-refractivity contribution < 1.29 is 9.72 Å². The van der Waals surface area contributed by atoms with Gasteiger partial charge in [-0.2, -0.15) is 5.26 Å². The van der Waals surface area contributed by atoms with Crippen LogP contribution in [0.2, 0.25) is 0 Å². The van der Waals surface area contributed by atoms with Crippen LogP contribution in [-0.2, 0) is 6.42 Å². The number of hydrogen-bond acceptors (Lipinski definition) is 4. The first-order chi connectivity index (χ1) is 11.1. The second-order valence-corrected chi connectivity index (χ2v) is 5.72. The number of hydrogen-bond donors (Lipinski definition) is 0. The minimum atomic E-state index is -1.42. The topological polar surface area (TPSA) is 84.0 Å². The number of rotatable bonds is 4. The van der Waals surface area contributed by atoms with E-state index < -0.39 is 22.8 Å². The van der Waals surface area contributed by atoms with Crippen LogP contribution in [0.1, 0.15) is 27.4 Å². The molecule has 0 heterocycles. The Labute approximate surface area is 133 Å². The molecule has 1 aliphatic carbocycles. The van der Waals surface area contributed by atoms with Gasteiger partial charge < -0.3 is 0 Å². The van der Waals surface area contributed by atoms with Gasteiger partial charge in [-0.15, -0.1) is 0 Å². The van der Waals surface area contributed by atoms with E-state index in [1.165, 1.54) is 0 Å². The summed E-state index contributed by atoms with van der Waals surface area (Å²) in [4.78, 5) is 23.6. The van der Waals surface area contributed by atoms with Crippen molar-refractivity contribution in [2.75, 3.05) is 6.54 Å². The van der Waals surface area contributed by atoms with Gasteiger partial charge in [0.2, 0.25) is 6.54 Å². The molecule has 3 rings (SSSR count). The van der Waals surface area contributed by atoms with Gasteiger partial charge in [-0.3, -0.25) is 14.9 Å². The first-order valence-corrected chi connectivity index (χ1v) is 7.29. The summed E-state index contributed by atoms with van der Waals surface area (Å²) in [7, 11) is 0. The monoisotopic (exact) mass is 306 g/mol. The van der Waals surface area contributed by atoms with Crippen molar-refractivity contribution in [2.24, 2.45) is 5.41 Å². The summed E-state index contributed by atoms with van der Waals surface area (Å²) in [6.45, 7) is -0.447. The van der Waals surface area contributed by atoms with Crippen molar-refractivity contribution >= 4 is 5.78 Å². The van der Waals surface area contributed by atoms with E-state index >= 15 is 0 Å². The Morgan fingerprint density at radius 3 is 2.43 bits per heavy atom. The fourth-order valence-electron chi connectivity index (χ4n) is 3.35. The van der Waals surface area contributed by atoms with Crippen LogP contribution in [0.25, 0.3) is 0 Å². The summed E-state index contributed by atoms with van der Waals surface area (Å²) in [6.07, 6.45) is 0.214. The van der Waals surface area contributed by atoms with Gasteiger partial charge in [0, 0.05) is 16.9 Å². The molecule has 0 radical (unpaired) electrons. The fraction of sp³-hybridized carbons (Fsp3) is 0.222. The predicted octanol–water partition coefficient (Wildman–Crippen LogP) is 3.00. The summed E-state index contributed by atoms with van der Waals surface area (Å²) in [5.74, 6) is -1.09. The molecule has 1 aliphatic rings. The van der Waals surface area contributed by atoms with Crippen molar-refractivity contribution in [3.05, 3.63) is 81.4 Å². The average Bonchev–Trinajstić information content (AvgIpc) is 2.87. The van der Waals surface area contributed by atoms with Crippen molar-refractivity contribution in [3.63, 3.8) is 0 Å². The van der Waals surface area contributed by atoms with E-state index in [0.717, 1.165) is 5.56 Å². The normalized spacial score (nSPS) is 20.6. The molecule has 2 aromatic carbocycles. The molecule has 2 atom stereocenters. The SMILES string of the molecule is N#C[C@]1([C@@H](C[N+](=O)[O-])c2ccccc2)Cc2ccccc2C1=O. The van der Waals surface area contributed by atoms with E-state index in [1.807, 2.05) is 6.07 Å². The molecule has 5 heteroatoms. The molecule has 0 spiro atoms. The molecule has 0 amide bonds. The Balaban J connectivity index is 2.13. The zero-order valence-corrected chi connectivity index (χ0v) is 12.3. The molecule has 5 nitrogen and oxygen atoms in total. The van der Waals surface area contributed by atoms with E-state index in [1.54, 1.807) is 48.5 Å². The summed E-state index contributed by atoms with van der Waals surface area (Å²) in [5.41, 5.74) is 0.506. The van der Waals surface area contributed by atoms with Crippen molar-refractivity contribution in [1.29, 1.82) is 5.26 Å². The van der Waals surface area contributed by atoms with Crippen molar-refractivity contribution in [3.8, 4) is 6.07 Å². The quantitative estimate of drug-likeness (QED) is 0.642. The van der Waals surface area contributed by atoms with Gasteiger partial charge in [0.15, 0.2) is 5.78 Å². The maximum absolute atomic E-state index is 12.9. The number of carbonyl (C=O) groups excluding carboxylic acids is 1. The van der Waals surface area contributed by atoms with Crippen LogP contribution in [0.15, 0.2) is 54.6 Å². The maximum Gasteiger partial charge on any atom is 0.212 e. The third kappa shape index (κ3) is 2.38. The number of fused-ring (bicyclic) bond motifs is 1. The number of ketones is 1. The molecule has 114 valence electrons. The Morgan fingerprint density at radius 2 is 1.83 bits per heavy atom. The van der Waals surface area contributed by atoms with Gasteiger partial charge in [-0.1, -0.05) is 54.6 Å². The van der Waals surface area contributed by atoms with Crippen LogP contribution < -0.4 is 0 Å². The van der Waals surface area contributed by atoms with Gasteiger partial charge in [0.25, 0.3) is 0 Å². The lowest BCUT2D eigenvalue weighted by Gasteiger charge is -2.27. The third-order valence-corrected chi connectivity index (χ3v) is 4.46. The van der Waals surface area contributed by atoms with Gasteiger partial charge in [-0.05, 0) is 11.1 Å². The highest BCUT2D eigenvalue weighted by Crippen LogP contribution is 2.46. The number of nitro groups is 1. The number of benzene rings is 2. The molecule has 0 saturated carbocycles. The first-order valence-electron chi connectivity index (χ1n) is 7.29. The van der Waals surface area contributed by atoms with Crippen LogP contribution in [-0.4, -0.2) is 17.3 Å². The van der Waals surface area contributed by atoms with Crippen molar-refractivity contribution in [1.82, 2.24) is 0 Å². The first kappa shape index (κ1) is 14.9. The zero-order valence-electron chi connectivity index (χ0n) is 12.3. The van der Waals surface area contributed by atoms with E-state index in [0.29, 0.717) is 11.1 Å². The van der Waals surface area contributed by atoms with E-state index in [4.69, 9.17) is 0 Å². The highest BCUT2D eigenvalue weighted by Gasteiger charge is 2.53. The number of carbonyl (C=O) groups is 1. The van der Waals surface area contributed by atoms with Gasteiger partial charge in [0.1, 0.15) is 5.41 Å². The smallest absolute Gasteiger partial charge is 0.212 e. The van der Waals surface area contributed by atoms with E-state index in [2.05, 4.69) is 6.07 Å². The summed E-state index contributed by atoms with van der Waals surface area (Å²) in [5, 5.41) is 21.0. The minimum Gasteiger partial charge on any atom is -0.292 e. The highest BCUT2D eigenvalue weighted by atomic mass is 16.6. The number of Topliss-reactive ketones (excluding diaryl/α,β-unsaturated/α-hetero) is 1. The predicted molar refractivity (Wildman–Crippen MR) is 83.6 cm³/mol. The fourth-order valence-corrected chi connectivity index (χ4v) is 3.35. The Kier molecular flexibility index (Phi) is 3.67. The highest BCUT2D eigenvalue weighted by molar-refractivity contribution is 6.07. The number of nitrogens with zero attached hydrogens (tertiary/aromatic N) is 2. The Morgan fingerprint density at radius 1 is 1.17 bits per heavy atom. The van der Waals surface area contributed by atoms with Crippen LogP contribution >= 0.6 is 0 Å². The van der Waals surface area contributed by atoms with Crippen LogP contribution in [0.5, 0.6) is 0 Å². The lowest BCUT2D eigenvalue weighted by atomic mass is 9.70. The van der Waals surface area contributed by atoms with Crippen LogP contribution in [0, 0.1) is 26.9 Å². The molecule has 0 N–H and O–H groups in total.